The highest BCUT2D eigenvalue weighted by Crippen LogP contribution is 2.35. The van der Waals surface area contributed by atoms with Crippen molar-refractivity contribution in [2.45, 2.75) is 0 Å². The van der Waals surface area contributed by atoms with E-state index < -0.39 is 0 Å². The summed E-state index contributed by atoms with van der Waals surface area (Å²) in [6.45, 7) is 0. The lowest BCUT2D eigenvalue weighted by Crippen LogP contribution is -2.06. The van der Waals surface area contributed by atoms with Gasteiger partial charge in [-0.05, 0) is 52.5 Å². The van der Waals surface area contributed by atoms with Crippen LogP contribution >= 0.6 is 0 Å². The quantitative estimate of drug-likeness (QED) is 0.187. The first-order valence-corrected chi connectivity index (χ1v) is 16.2. The zero-order valence-electron chi connectivity index (χ0n) is 32.4. The van der Waals surface area contributed by atoms with Gasteiger partial charge in [0.15, 0.2) is 11.6 Å². The molecule has 0 amide bonds. The van der Waals surface area contributed by atoms with Gasteiger partial charge in [0.1, 0.15) is 11.2 Å². The second-order valence-electron chi connectivity index (χ2n) is 12.0. The van der Waals surface area contributed by atoms with Gasteiger partial charge in [0.05, 0.1) is 19.3 Å². The van der Waals surface area contributed by atoms with E-state index in [0.29, 0.717) is 28.4 Å². The molecule has 3 heterocycles. The Morgan fingerprint density at radius 2 is 0.940 bits per heavy atom. The van der Waals surface area contributed by atoms with E-state index in [1.54, 1.807) is 0 Å². The maximum absolute atomic E-state index is 8.99. The average molecular weight is 647 g/mol. The Morgan fingerprint density at radius 3 is 1.60 bits per heavy atom. The molecule has 5 heteroatoms. The smallest absolute Gasteiger partial charge is 0.238 e. The third kappa shape index (κ3) is 4.67. The summed E-state index contributed by atoms with van der Waals surface area (Å²) in [6, 6.07) is 41.6. The fraction of sp³-hybridized carbons (Fsp3) is 0. The molecule has 0 aliphatic rings. The number of aromatic nitrogens is 4. The lowest BCUT2D eigenvalue weighted by Gasteiger charge is -2.11. The number of benzene rings is 7. The number of furan rings is 1. The van der Waals surface area contributed by atoms with Crippen LogP contribution < -0.4 is 0 Å². The van der Waals surface area contributed by atoms with Crippen molar-refractivity contribution < 1.29 is 12.6 Å². The lowest BCUT2D eigenvalue weighted by molar-refractivity contribution is 0.669. The summed E-state index contributed by atoms with van der Waals surface area (Å²) in [6.07, 6.45) is 0. The molecule has 10 rings (SSSR count). The molecule has 3 aromatic heterocycles. The fourth-order valence-electron chi connectivity index (χ4n) is 6.60. The highest BCUT2D eigenvalue weighted by atomic mass is 16.3. The third-order valence-electron chi connectivity index (χ3n) is 9.06. The molecule has 5 nitrogen and oxygen atoms in total. The molecule has 0 atom stereocenters. The minimum absolute atomic E-state index is 0.0616. The number of nitrogens with zero attached hydrogens (tertiary/aromatic N) is 4. The highest BCUT2D eigenvalue weighted by Gasteiger charge is 2.18. The van der Waals surface area contributed by atoms with Gasteiger partial charge in [-0.3, -0.25) is 4.57 Å². The zero-order chi connectivity index (χ0) is 38.2. The minimum Gasteiger partial charge on any atom is -0.456 e. The summed E-state index contributed by atoms with van der Waals surface area (Å²) in [5, 5.41) is 2.17. The SMILES string of the molecule is [2H]c1cc([2H])c2c(c1[2H])c1c([2H])c([2H])cc([2H])c1n2-c1nc(-c2ccc(-c3ccc(-c4ccccc4)cc3)cc2)nc(-c2ccc3c(c2)oc2ccccc23)n1. The monoisotopic (exact) mass is 646 g/mol. The average Bonchev–Trinajstić information content (AvgIpc) is 3.80. The molecule has 0 unspecified atom stereocenters. The molecule has 0 aliphatic carbocycles. The molecule has 10 aromatic rings. The van der Waals surface area contributed by atoms with Crippen LogP contribution in [-0.4, -0.2) is 19.5 Å². The maximum Gasteiger partial charge on any atom is 0.238 e. The van der Waals surface area contributed by atoms with E-state index in [1.807, 2.05) is 84.9 Å². The van der Waals surface area contributed by atoms with Gasteiger partial charge >= 0.3 is 0 Å². The molecule has 7 aromatic carbocycles. The molecule has 0 radical (unpaired) electrons. The highest BCUT2D eigenvalue weighted by molar-refractivity contribution is 6.09. The summed E-state index contributed by atoms with van der Waals surface area (Å²) in [5.41, 5.74) is 7.38. The van der Waals surface area contributed by atoms with Crippen LogP contribution in [0.5, 0.6) is 0 Å². The van der Waals surface area contributed by atoms with Crippen LogP contribution in [0.4, 0.5) is 0 Å². The zero-order valence-corrected chi connectivity index (χ0v) is 26.4. The first-order chi connectivity index (χ1) is 27.2. The largest absolute Gasteiger partial charge is 0.456 e. The van der Waals surface area contributed by atoms with E-state index in [0.717, 1.165) is 38.6 Å². The molecule has 0 aliphatic heterocycles. The number of hydrogen-bond donors (Lipinski definition) is 0. The molecule has 0 saturated heterocycles. The molecule has 0 spiro atoms. The third-order valence-corrected chi connectivity index (χ3v) is 9.06. The van der Waals surface area contributed by atoms with Crippen molar-refractivity contribution in [3.8, 4) is 51.0 Å². The Hall–Kier alpha value is -6.85. The second kappa shape index (κ2) is 11.4. The summed E-state index contributed by atoms with van der Waals surface area (Å²) < 4.78 is 60.2. The van der Waals surface area contributed by atoms with E-state index >= 15 is 0 Å². The predicted molar refractivity (Wildman–Crippen MR) is 203 cm³/mol. The lowest BCUT2D eigenvalue weighted by atomic mass is 9.99. The van der Waals surface area contributed by atoms with Gasteiger partial charge in [0, 0.05) is 32.7 Å². The molecular formula is C45H28N4O. The van der Waals surface area contributed by atoms with Crippen molar-refractivity contribution in [1.82, 2.24) is 19.5 Å². The Kier molecular flexibility index (Phi) is 5.17. The van der Waals surface area contributed by atoms with Gasteiger partial charge in [-0.1, -0.05) is 139 Å². The molecule has 0 fully saturated rings. The second-order valence-corrected chi connectivity index (χ2v) is 12.0. The van der Waals surface area contributed by atoms with Crippen LogP contribution in [0.2, 0.25) is 0 Å². The molecule has 50 heavy (non-hydrogen) atoms. The van der Waals surface area contributed by atoms with E-state index in [9.17, 15) is 0 Å². The topological polar surface area (TPSA) is 56.7 Å². The van der Waals surface area contributed by atoms with Crippen LogP contribution in [0.25, 0.3) is 94.7 Å². The Balaban J connectivity index is 1.18. The molecular weight excluding hydrogens is 613 g/mol. The summed E-state index contributed by atoms with van der Waals surface area (Å²) in [4.78, 5) is 14.8. The van der Waals surface area contributed by atoms with Crippen LogP contribution in [0.1, 0.15) is 8.22 Å². The predicted octanol–water partition coefficient (Wildman–Crippen LogP) is 11.5. The summed E-state index contributed by atoms with van der Waals surface area (Å²) in [7, 11) is 0. The first kappa shape index (κ1) is 22.7. The fourth-order valence-corrected chi connectivity index (χ4v) is 6.60. The van der Waals surface area contributed by atoms with Gasteiger partial charge in [-0.25, -0.2) is 4.98 Å². The normalized spacial score (nSPS) is 13.3. The standard InChI is InChI=1S/C45H28N4O/c1-2-10-29(11-3-1)30-18-20-31(21-19-30)32-22-24-33(25-23-32)43-46-44(34-26-27-38-37-14-6-9-17-41(37)50-42(38)28-34)48-45(47-43)49-39-15-7-4-12-35(39)36-13-5-8-16-40(36)49/h1-28H/i4D,5D,12D,13D,15D,16D. The number of hydrogen-bond acceptors (Lipinski definition) is 4. The Bertz CT molecular complexity index is 3130. The van der Waals surface area contributed by atoms with E-state index in [-0.39, 0.29) is 64.0 Å². The van der Waals surface area contributed by atoms with Crippen molar-refractivity contribution in [1.29, 1.82) is 0 Å². The minimum atomic E-state index is -0.213. The van der Waals surface area contributed by atoms with Crippen LogP contribution in [0.15, 0.2) is 174 Å². The van der Waals surface area contributed by atoms with Crippen molar-refractivity contribution in [2.75, 3.05) is 0 Å². The van der Waals surface area contributed by atoms with Crippen molar-refractivity contribution in [3.05, 3.63) is 170 Å². The van der Waals surface area contributed by atoms with E-state index in [2.05, 4.69) is 36.4 Å². The van der Waals surface area contributed by atoms with Gasteiger partial charge in [0.2, 0.25) is 5.95 Å². The molecule has 234 valence electrons. The Labute approximate surface area is 296 Å². The Morgan fingerprint density at radius 1 is 0.420 bits per heavy atom. The van der Waals surface area contributed by atoms with Gasteiger partial charge < -0.3 is 4.42 Å². The van der Waals surface area contributed by atoms with Crippen molar-refractivity contribution >= 4 is 43.7 Å². The number of rotatable bonds is 5. The van der Waals surface area contributed by atoms with Crippen LogP contribution in [0, 0.1) is 0 Å². The molecule has 0 bridgehead atoms. The van der Waals surface area contributed by atoms with Crippen LogP contribution in [0.3, 0.4) is 0 Å². The summed E-state index contributed by atoms with van der Waals surface area (Å²) >= 11 is 0. The number of para-hydroxylation sites is 3. The van der Waals surface area contributed by atoms with E-state index in [4.69, 9.17) is 27.6 Å². The van der Waals surface area contributed by atoms with Crippen molar-refractivity contribution in [2.24, 2.45) is 0 Å². The van der Waals surface area contributed by atoms with Crippen LogP contribution in [-0.2, 0) is 0 Å². The summed E-state index contributed by atoms with van der Waals surface area (Å²) in [5.74, 6) is 0.680. The molecule has 0 saturated carbocycles. The first-order valence-electron chi connectivity index (χ1n) is 19.2. The molecule has 0 N–H and O–H groups in total. The van der Waals surface area contributed by atoms with E-state index in [1.165, 1.54) is 16.7 Å². The van der Waals surface area contributed by atoms with Crippen molar-refractivity contribution in [3.63, 3.8) is 0 Å². The van der Waals surface area contributed by atoms with Gasteiger partial charge in [0.25, 0.3) is 0 Å². The van der Waals surface area contributed by atoms with Gasteiger partial charge in [-0.2, -0.15) is 9.97 Å². The number of fused-ring (bicyclic) bond motifs is 6. The maximum atomic E-state index is 8.99. The van der Waals surface area contributed by atoms with Gasteiger partial charge in [-0.15, -0.1) is 0 Å².